The maximum Gasteiger partial charge on any atom is 0.349 e. The van der Waals surface area contributed by atoms with Crippen molar-refractivity contribution < 1.29 is 18.7 Å². The van der Waals surface area contributed by atoms with Crippen LogP contribution in [0.1, 0.15) is 16.8 Å². The fraction of sp³-hybridized carbons (Fsp3) is 0.231. The van der Waals surface area contributed by atoms with Crippen LogP contribution in [0, 0.1) is 5.82 Å². The van der Waals surface area contributed by atoms with Crippen molar-refractivity contribution in [3.05, 3.63) is 46.1 Å². The molecule has 5 nitrogen and oxygen atoms in total. The van der Waals surface area contributed by atoms with Gasteiger partial charge < -0.3 is 14.8 Å². The summed E-state index contributed by atoms with van der Waals surface area (Å²) in [6.45, 7) is 0.188. The summed E-state index contributed by atoms with van der Waals surface area (Å²) in [7, 11) is 0. The van der Waals surface area contributed by atoms with Crippen molar-refractivity contribution >= 4 is 16.9 Å². The Labute approximate surface area is 107 Å². The highest BCUT2D eigenvalue weighted by Gasteiger charge is 2.14. The van der Waals surface area contributed by atoms with Gasteiger partial charge in [0.15, 0.2) is 11.4 Å². The van der Waals surface area contributed by atoms with Crippen molar-refractivity contribution in [2.75, 3.05) is 13.2 Å². The van der Waals surface area contributed by atoms with E-state index in [4.69, 9.17) is 9.52 Å². The topological polar surface area (TPSA) is 79.5 Å². The second kappa shape index (κ2) is 5.62. The summed E-state index contributed by atoms with van der Waals surface area (Å²) < 4.78 is 18.2. The third kappa shape index (κ3) is 2.79. The largest absolute Gasteiger partial charge is 0.419 e. The van der Waals surface area contributed by atoms with Crippen molar-refractivity contribution in [3.8, 4) is 0 Å². The highest BCUT2D eigenvalue weighted by atomic mass is 19.1. The zero-order valence-electron chi connectivity index (χ0n) is 9.98. The quantitative estimate of drug-likeness (QED) is 0.639. The van der Waals surface area contributed by atoms with Gasteiger partial charge in [-0.15, -0.1) is 0 Å². The minimum Gasteiger partial charge on any atom is -0.419 e. The molecule has 0 saturated heterocycles. The summed E-state index contributed by atoms with van der Waals surface area (Å²) in [5.41, 5.74) is -1.24. The van der Waals surface area contributed by atoms with Crippen molar-refractivity contribution in [3.63, 3.8) is 0 Å². The number of aliphatic hydroxyl groups is 1. The van der Waals surface area contributed by atoms with Crippen LogP contribution in [0.2, 0.25) is 0 Å². The molecule has 19 heavy (non-hydrogen) atoms. The standard InChI is InChI=1S/C13H12FNO4/c14-10-4-1-3-8-7-9(13(18)19-11(8)10)12(17)15-5-2-6-16/h1,3-4,7,16H,2,5-6H2,(H,15,17). The number of aliphatic hydroxyl groups excluding tert-OH is 1. The first-order valence-electron chi connectivity index (χ1n) is 5.75. The average Bonchev–Trinajstić information content (AvgIpc) is 2.39. The van der Waals surface area contributed by atoms with Crippen LogP contribution in [0.5, 0.6) is 0 Å². The van der Waals surface area contributed by atoms with E-state index in [9.17, 15) is 14.0 Å². The highest BCUT2D eigenvalue weighted by molar-refractivity contribution is 5.96. The molecule has 0 aliphatic carbocycles. The van der Waals surface area contributed by atoms with Gasteiger partial charge in [-0.3, -0.25) is 4.79 Å². The van der Waals surface area contributed by atoms with E-state index in [-0.39, 0.29) is 24.3 Å². The van der Waals surface area contributed by atoms with Gasteiger partial charge in [-0.25, -0.2) is 9.18 Å². The molecule has 0 aliphatic rings. The Kier molecular flexibility index (Phi) is 3.91. The molecular formula is C13H12FNO4. The van der Waals surface area contributed by atoms with Crippen LogP contribution in [0.3, 0.4) is 0 Å². The van der Waals surface area contributed by atoms with Gasteiger partial charge in [-0.2, -0.15) is 0 Å². The molecule has 1 aromatic heterocycles. The minimum absolute atomic E-state index is 0.0577. The maximum absolute atomic E-state index is 13.4. The Bertz CT molecular complexity index is 665. The molecular weight excluding hydrogens is 253 g/mol. The number of benzene rings is 1. The van der Waals surface area contributed by atoms with Crippen molar-refractivity contribution in [2.24, 2.45) is 0 Å². The fourth-order valence-corrected chi connectivity index (χ4v) is 1.64. The number of hydrogen-bond acceptors (Lipinski definition) is 4. The van der Waals surface area contributed by atoms with Gasteiger partial charge in [0, 0.05) is 18.5 Å². The molecule has 2 rings (SSSR count). The van der Waals surface area contributed by atoms with Crippen LogP contribution in [0.25, 0.3) is 11.0 Å². The Morgan fingerprint density at radius 1 is 1.42 bits per heavy atom. The third-order valence-corrected chi connectivity index (χ3v) is 2.58. The summed E-state index contributed by atoms with van der Waals surface area (Å²) in [6.07, 6.45) is 0.388. The predicted molar refractivity (Wildman–Crippen MR) is 66.5 cm³/mol. The third-order valence-electron chi connectivity index (χ3n) is 2.58. The molecule has 0 bridgehead atoms. The Morgan fingerprint density at radius 2 is 2.21 bits per heavy atom. The molecule has 2 aromatic rings. The molecule has 1 aromatic carbocycles. The van der Waals surface area contributed by atoms with Gasteiger partial charge >= 0.3 is 5.63 Å². The number of hydrogen-bond donors (Lipinski definition) is 2. The van der Waals surface area contributed by atoms with E-state index < -0.39 is 17.3 Å². The number of nitrogens with one attached hydrogen (secondary N) is 1. The highest BCUT2D eigenvalue weighted by Crippen LogP contribution is 2.16. The molecule has 0 unspecified atom stereocenters. The molecule has 0 fully saturated rings. The molecule has 100 valence electrons. The van der Waals surface area contributed by atoms with E-state index in [0.717, 1.165) is 0 Å². The van der Waals surface area contributed by atoms with Gasteiger partial charge in [-0.05, 0) is 18.6 Å². The first-order valence-corrected chi connectivity index (χ1v) is 5.75. The second-order valence-corrected chi connectivity index (χ2v) is 3.94. The Hall–Kier alpha value is -2.21. The smallest absolute Gasteiger partial charge is 0.349 e. The van der Waals surface area contributed by atoms with Crippen molar-refractivity contribution in [1.29, 1.82) is 0 Å². The number of para-hydroxylation sites is 1. The maximum atomic E-state index is 13.4. The van der Waals surface area contributed by atoms with Gasteiger partial charge in [0.05, 0.1) is 0 Å². The predicted octanol–water partition coefficient (Wildman–Crippen LogP) is 1.04. The summed E-state index contributed by atoms with van der Waals surface area (Å²) in [5, 5.41) is 11.4. The molecule has 2 N–H and O–H groups in total. The van der Waals surface area contributed by atoms with E-state index in [0.29, 0.717) is 11.8 Å². The lowest BCUT2D eigenvalue weighted by molar-refractivity contribution is 0.0947. The average molecular weight is 265 g/mol. The van der Waals surface area contributed by atoms with E-state index in [2.05, 4.69) is 5.32 Å². The summed E-state index contributed by atoms with van der Waals surface area (Å²) in [5.74, 6) is -1.25. The molecule has 1 amide bonds. The molecule has 0 saturated carbocycles. The van der Waals surface area contributed by atoms with Gasteiger partial charge in [0.25, 0.3) is 5.91 Å². The molecule has 6 heteroatoms. The van der Waals surface area contributed by atoms with E-state index in [1.54, 1.807) is 6.07 Å². The first kappa shape index (κ1) is 13.2. The second-order valence-electron chi connectivity index (χ2n) is 3.94. The van der Waals surface area contributed by atoms with Gasteiger partial charge in [-0.1, -0.05) is 12.1 Å². The molecule has 0 radical (unpaired) electrons. The lowest BCUT2D eigenvalue weighted by atomic mass is 10.1. The Morgan fingerprint density at radius 3 is 2.95 bits per heavy atom. The number of carbonyl (C=O) groups is 1. The summed E-state index contributed by atoms with van der Waals surface area (Å²) in [6, 6.07) is 5.47. The van der Waals surface area contributed by atoms with Crippen LogP contribution in [-0.4, -0.2) is 24.2 Å². The number of fused-ring (bicyclic) bond motifs is 1. The van der Waals surface area contributed by atoms with E-state index in [1.165, 1.54) is 18.2 Å². The number of halogens is 1. The first-order chi connectivity index (χ1) is 9.13. The monoisotopic (exact) mass is 265 g/mol. The molecule has 0 aliphatic heterocycles. The lowest BCUT2D eigenvalue weighted by Crippen LogP contribution is -2.29. The van der Waals surface area contributed by atoms with E-state index in [1.807, 2.05) is 0 Å². The van der Waals surface area contributed by atoms with Crippen molar-refractivity contribution in [2.45, 2.75) is 6.42 Å². The van der Waals surface area contributed by atoms with Gasteiger partial charge in [0.2, 0.25) is 0 Å². The minimum atomic E-state index is -0.890. The van der Waals surface area contributed by atoms with Crippen LogP contribution in [-0.2, 0) is 0 Å². The normalized spacial score (nSPS) is 10.6. The zero-order valence-corrected chi connectivity index (χ0v) is 9.98. The van der Waals surface area contributed by atoms with E-state index >= 15 is 0 Å². The molecule has 0 spiro atoms. The zero-order chi connectivity index (χ0) is 13.8. The SMILES string of the molecule is O=C(NCCCO)c1cc2cccc(F)c2oc1=O. The Balaban J connectivity index is 2.36. The fourth-order valence-electron chi connectivity index (χ4n) is 1.64. The van der Waals surface area contributed by atoms with Crippen LogP contribution in [0.4, 0.5) is 4.39 Å². The number of amides is 1. The summed E-state index contributed by atoms with van der Waals surface area (Å²) in [4.78, 5) is 23.3. The molecule has 0 atom stereocenters. The summed E-state index contributed by atoms with van der Waals surface area (Å²) >= 11 is 0. The van der Waals surface area contributed by atoms with Crippen molar-refractivity contribution in [1.82, 2.24) is 5.32 Å². The van der Waals surface area contributed by atoms with Crippen LogP contribution >= 0.6 is 0 Å². The lowest BCUT2D eigenvalue weighted by Gasteiger charge is -2.04. The van der Waals surface area contributed by atoms with Crippen LogP contribution in [0.15, 0.2) is 33.5 Å². The van der Waals surface area contributed by atoms with Crippen LogP contribution < -0.4 is 10.9 Å². The van der Waals surface area contributed by atoms with Gasteiger partial charge in [0.1, 0.15) is 5.56 Å². The molecule has 1 heterocycles. The number of carbonyl (C=O) groups excluding carboxylic acids is 1. The number of rotatable bonds is 4.